The molecular formula is C13H17F2N. The molecule has 2 rings (SSSR count). The van der Waals surface area contributed by atoms with E-state index >= 15 is 0 Å². The highest BCUT2D eigenvalue weighted by Gasteiger charge is 2.19. The third-order valence-electron chi connectivity index (χ3n) is 3.18. The van der Waals surface area contributed by atoms with Gasteiger partial charge in [0.25, 0.3) is 0 Å². The molecule has 0 saturated carbocycles. The van der Waals surface area contributed by atoms with Gasteiger partial charge in [0.15, 0.2) is 0 Å². The van der Waals surface area contributed by atoms with Gasteiger partial charge in [-0.15, -0.1) is 0 Å². The van der Waals surface area contributed by atoms with Crippen LogP contribution >= 0.6 is 0 Å². The molecule has 1 fully saturated rings. The third-order valence-corrected chi connectivity index (χ3v) is 3.18. The molecule has 1 aliphatic heterocycles. The van der Waals surface area contributed by atoms with Gasteiger partial charge in [0.05, 0.1) is 0 Å². The number of hydrogen-bond donors (Lipinski definition) is 0. The van der Waals surface area contributed by atoms with Crippen LogP contribution in [0, 0.1) is 17.6 Å². The standard InChI is InChI=1S/C13H17F2N/c1-10-4-3-7-16(8-10)9-11-12(14)5-2-6-13(11)15/h2,5-6,10H,3-4,7-9H2,1H3/t10-/m1/s1. The van der Waals surface area contributed by atoms with Crippen molar-refractivity contribution in [3.63, 3.8) is 0 Å². The van der Waals surface area contributed by atoms with E-state index < -0.39 is 11.6 Å². The van der Waals surface area contributed by atoms with Gasteiger partial charge < -0.3 is 0 Å². The van der Waals surface area contributed by atoms with Crippen LogP contribution in [0.15, 0.2) is 18.2 Å². The van der Waals surface area contributed by atoms with Crippen LogP contribution in [0.25, 0.3) is 0 Å². The molecule has 1 heterocycles. The molecule has 0 radical (unpaired) electrons. The quantitative estimate of drug-likeness (QED) is 0.747. The smallest absolute Gasteiger partial charge is 0.130 e. The summed E-state index contributed by atoms with van der Waals surface area (Å²) in [6.45, 7) is 4.46. The van der Waals surface area contributed by atoms with Crippen molar-refractivity contribution in [2.24, 2.45) is 5.92 Å². The van der Waals surface area contributed by atoms with E-state index in [1.54, 1.807) is 0 Å². The first-order chi connectivity index (χ1) is 7.66. The molecule has 1 aromatic rings. The topological polar surface area (TPSA) is 3.24 Å². The minimum atomic E-state index is -0.432. The molecule has 1 nitrogen and oxygen atoms in total. The zero-order chi connectivity index (χ0) is 11.5. The molecule has 0 amide bonds. The molecule has 0 aromatic heterocycles. The van der Waals surface area contributed by atoms with E-state index in [0.717, 1.165) is 19.5 Å². The molecule has 1 atom stereocenters. The summed E-state index contributed by atoms with van der Waals surface area (Å²) < 4.78 is 26.9. The summed E-state index contributed by atoms with van der Waals surface area (Å²) in [5.74, 6) is -0.236. The second kappa shape index (κ2) is 4.91. The number of rotatable bonds is 2. The van der Waals surface area contributed by atoms with Crippen LogP contribution in [-0.2, 0) is 6.54 Å². The van der Waals surface area contributed by atoms with Gasteiger partial charge in [0, 0.05) is 18.7 Å². The fourth-order valence-corrected chi connectivity index (χ4v) is 2.34. The Kier molecular flexibility index (Phi) is 3.54. The average molecular weight is 225 g/mol. The zero-order valence-electron chi connectivity index (χ0n) is 9.55. The minimum absolute atomic E-state index is 0.205. The van der Waals surface area contributed by atoms with Crippen LogP contribution in [0.4, 0.5) is 8.78 Å². The van der Waals surface area contributed by atoms with E-state index in [2.05, 4.69) is 11.8 Å². The zero-order valence-corrected chi connectivity index (χ0v) is 9.55. The van der Waals surface area contributed by atoms with Gasteiger partial charge in [-0.2, -0.15) is 0 Å². The summed E-state index contributed by atoms with van der Waals surface area (Å²) in [6.07, 6.45) is 2.34. The van der Waals surface area contributed by atoms with Gasteiger partial charge in [-0.1, -0.05) is 13.0 Å². The molecule has 3 heteroatoms. The molecule has 0 unspecified atom stereocenters. The van der Waals surface area contributed by atoms with Crippen molar-refractivity contribution < 1.29 is 8.78 Å². The van der Waals surface area contributed by atoms with Crippen LogP contribution in [-0.4, -0.2) is 18.0 Å². The molecule has 0 aliphatic carbocycles. The summed E-state index contributed by atoms with van der Waals surface area (Å²) in [6, 6.07) is 4.06. The highest BCUT2D eigenvalue weighted by atomic mass is 19.1. The van der Waals surface area contributed by atoms with E-state index in [1.807, 2.05) is 0 Å². The molecule has 16 heavy (non-hydrogen) atoms. The normalized spacial score (nSPS) is 22.3. The van der Waals surface area contributed by atoms with Crippen molar-refractivity contribution in [1.82, 2.24) is 4.90 Å². The fourth-order valence-electron chi connectivity index (χ4n) is 2.34. The molecular weight excluding hydrogens is 208 g/mol. The summed E-state index contributed by atoms with van der Waals surface area (Å²) in [5.41, 5.74) is 0.205. The molecule has 88 valence electrons. The maximum atomic E-state index is 13.4. The molecule has 0 bridgehead atoms. The van der Waals surface area contributed by atoms with Gasteiger partial charge in [-0.05, 0) is 37.4 Å². The Morgan fingerprint density at radius 2 is 2.00 bits per heavy atom. The predicted molar refractivity (Wildman–Crippen MR) is 60.0 cm³/mol. The van der Waals surface area contributed by atoms with Gasteiger partial charge in [0.1, 0.15) is 11.6 Å². The second-order valence-corrected chi connectivity index (χ2v) is 4.68. The first kappa shape index (κ1) is 11.5. The fraction of sp³-hybridized carbons (Fsp3) is 0.538. The Labute approximate surface area is 95.1 Å². The van der Waals surface area contributed by atoms with Crippen molar-refractivity contribution in [3.8, 4) is 0 Å². The van der Waals surface area contributed by atoms with Crippen LogP contribution in [0.2, 0.25) is 0 Å². The second-order valence-electron chi connectivity index (χ2n) is 4.68. The van der Waals surface area contributed by atoms with Crippen molar-refractivity contribution in [2.75, 3.05) is 13.1 Å². The Bertz CT molecular complexity index is 345. The SMILES string of the molecule is C[C@@H]1CCCN(Cc2c(F)cccc2F)C1. The highest BCUT2D eigenvalue weighted by Crippen LogP contribution is 2.20. The minimum Gasteiger partial charge on any atom is -0.299 e. The average Bonchev–Trinajstić information content (AvgIpc) is 2.24. The Hall–Kier alpha value is -0.960. The van der Waals surface area contributed by atoms with Crippen molar-refractivity contribution in [3.05, 3.63) is 35.4 Å². The number of likely N-dealkylation sites (tertiary alicyclic amines) is 1. The van der Waals surface area contributed by atoms with E-state index in [9.17, 15) is 8.78 Å². The van der Waals surface area contributed by atoms with Gasteiger partial charge >= 0.3 is 0 Å². The first-order valence-corrected chi connectivity index (χ1v) is 5.82. The van der Waals surface area contributed by atoms with Crippen LogP contribution in [0.5, 0.6) is 0 Å². The number of piperidine rings is 1. The van der Waals surface area contributed by atoms with Crippen molar-refractivity contribution in [1.29, 1.82) is 0 Å². The molecule has 0 spiro atoms. The monoisotopic (exact) mass is 225 g/mol. The molecule has 1 aliphatic rings. The lowest BCUT2D eigenvalue weighted by atomic mass is 10.00. The maximum absolute atomic E-state index is 13.4. The van der Waals surface area contributed by atoms with E-state index in [4.69, 9.17) is 0 Å². The third kappa shape index (κ3) is 2.59. The molecule has 1 aromatic carbocycles. The maximum Gasteiger partial charge on any atom is 0.130 e. The predicted octanol–water partition coefficient (Wildman–Crippen LogP) is 3.20. The molecule has 1 saturated heterocycles. The first-order valence-electron chi connectivity index (χ1n) is 5.82. The Morgan fingerprint density at radius 1 is 1.31 bits per heavy atom. The number of hydrogen-bond acceptors (Lipinski definition) is 1. The van der Waals surface area contributed by atoms with Crippen molar-refractivity contribution >= 4 is 0 Å². The van der Waals surface area contributed by atoms with Crippen LogP contribution in [0.1, 0.15) is 25.3 Å². The number of benzene rings is 1. The lowest BCUT2D eigenvalue weighted by molar-refractivity contribution is 0.172. The highest BCUT2D eigenvalue weighted by molar-refractivity contribution is 5.19. The van der Waals surface area contributed by atoms with E-state index in [1.165, 1.54) is 24.6 Å². The van der Waals surface area contributed by atoms with Gasteiger partial charge in [-0.25, -0.2) is 8.78 Å². The molecule has 0 N–H and O–H groups in total. The Morgan fingerprint density at radius 3 is 2.62 bits per heavy atom. The Balaban J connectivity index is 2.08. The lowest BCUT2D eigenvalue weighted by Gasteiger charge is -2.30. The largest absolute Gasteiger partial charge is 0.299 e. The van der Waals surface area contributed by atoms with E-state index in [0.29, 0.717) is 12.5 Å². The van der Waals surface area contributed by atoms with Crippen LogP contribution < -0.4 is 0 Å². The summed E-state index contributed by atoms with van der Waals surface area (Å²) in [4.78, 5) is 2.13. The van der Waals surface area contributed by atoms with Crippen LogP contribution in [0.3, 0.4) is 0 Å². The van der Waals surface area contributed by atoms with Gasteiger partial charge in [0.2, 0.25) is 0 Å². The summed E-state index contributed by atoms with van der Waals surface area (Å²) in [5, 5.41) is 0. The summed E-state index contributed by atoms with van der Waals surface area (Å²) in [7, 11) is 0. The van der Waals surface area contributed by atoms with E-state index in [-0.39, 0.29) is 5.56 Å². The number of nitrogens with zero attached hydrogens (tertiary/aromatic N) is 1. The number of halogens is 2. The lowest BCUT2D eigenvalue weighted by Crippen LogP contribution is -2.34. The summed E-state index contributed by atoms with van der Waals surface area (Å²) >= 11 is 0. The van der Waals surface area contributed by atoms with Gasteiger partial charge in [-0.3, -0.25) is 4.90 Å². The van der Waals surface area contributed by atoms with Crippen molar-refractivity contribution in [2.45, 2.75) is 26.3 Å².